The topological polar surface area (TPSA) is 43.8 Å². The van der Waals surface area contributed by atoms with Crippen LogP contribution in [0.4, 0.5) is 8.78 Å². The molecule has 0 bridgehead atoms. The van der Waals surface area contributed by atoms with E-state index in [1.165, 1.54) is 18.1 Å². The summed E-state index contributed by atoms with van der Waals surface area (Å²) in [7, 11) is 0. The van der Waals surface area contributed by atoms with Gasteiger partial charge in [0.15, 0.2) is 0 Å². The molecule has 2 aromatic rings. The van der Waals surface area contributed by atoms with Crippen molar-refractivity contribution in [2.24, 2.45) is 23.2 Å². The Morgan fingerprint density at radius 2 is 1.70 bits per heavy atom. The zero-order chi connectivity index (χ0) is 28.3. The van der Waals surface area contributed by atoms with E-state index < -0.39 is 12.0 Å². The summed E-state index contributed by atoms with van der Waals surface area (Å²) in [6, 6.07) is 13.4. The Balaban J connectivity index is 1.19. The lowest BCUT2D eigenvalue weighted by Crippen LogP contribution is -2.43. The third kappa shape index (κ3) is 7.50. The van der Waals surface area contributed by atoms with Gasteiger partial charge in [-0.1, -0.05) is 57.4 Å². The van der Waals surface area contributed by atoms with E-state index in [0.29, 0.717) is 18.4 Å². The number of carboxylic acids is 1. The number of carbonyl (C=O) groups is 1. The van der Waals surface area contributed by atoms with Crippen LogP contribution in [0.3, 0.4) is 0 Å². The van der Waals surface area contributed by atoms with Gasteiger partial charge in [0.05, 0.1) is 0 Å². The van der Waals surface area contributed by atoms with E-state index in [1.54, 1.807) is 24.3 Å². The van der Waals surface area contributed by atoms with Gasteiger partial charge < -0.3 is 10.0 Å². The average molecular weight is 553 g/mol. The van der Waals surface area contributed by atoms with Crippen molar-refractivity contribution in [3.05, 3.63) is 71.3 Å². The van der Waals surface area contributed by atoms with E-state index >= 15 is 0 Å². The Bertz CT molecular complexity index is 1130. The van der Waals surface area contributed by atoms with Crippen LogP contribution in [0.1, 0.15) is 75.8 Å². The van der Waals surface area contributed by atoms with E-state index in [1.807, 2.05) is 18.2 Å². The lowest BCUT2D eigenvalue weighted by molar-refractivity contribution is -0.144. The molecule has 5 rings (SSSR count). The average Bonchev–Trinajstić information content (AvgIpc) is 3.28. The molecular weight excluding hydrogens is 506 g/mol. The van der Waals surface area contributed by atoms with Gasteiger partial charge >= 0.3 is 5.97 Å². The van der Waals surface area contributed by atoms with Crippen LogP contribution in [0, 0.1) is 34.8 Å². The highest BCUT2D eigenvalue weighted by atomic mass is 19.1. The number of benzene rings is 2. The molecule has 1 aliphatic carbocycles. The predicted octanol–water partition coefficient (Wildman–Crippen LogP) is 6.99. The van der Waals surface area contributed by atoms with Crippen molar-refractivity contribution in [2.75, 3.05) is 32.7 Å². The first-order chi connectivity index (χ1) is 19.1. The molecule has 0 aromatic heterocycles. The maximum atomic E-state index is 14.2. The van der Waals surface area contributed by atoms with Crippen LogP contribution < -0.4 is 0 Å². The van der Waals surface area contributed by atoms with Crippen molar-refractivity contribution in [3.8, 4) is 0 Å². The minimum absolute atomic E-state index is 0.145. The number of aliphatic carboxylic acids is 1. The molecule has 1 saturated carbocycles. The number of piperidine rings is 1. The van der Waals surface area contributed by atoms with Gasteiger partial charge in [0.1, 0.15) is 17.7 Å². The molecule has 6 heteroatoms. The summed E-state index contributed by atoms with van der Waals surface area (Å²) < 4.78 is 27.5. The molecule has 3 fully saturated rings. The van der Waals surface area contributed by atoms with Gasteiger partial charge in [0.2, 0.25) is 0 Å². The second-order valence-electron chi connectivity index (χ2n) is 13.7. The third-order valence-corrected chi connectivity index (χ3v) is 9.89. The molecule has 218 valence electrons. The zero-order valence-electron chi connectivity index (χ0n) is 24.2. The van der Waals surface area contributed by atoms with Gasteiger partial charge in [-0.3, -0.25) is 9.69 Å². The van der Waals surface area contributed by atoms with Crippen molar-refractivity contribution < 1.29 is 18.7 Å². The van der Waals surface area contributed by atoms with Crippen LogP contribution in [0.5, 0.6) is 0 Å². The van der Waals surface area contributed by atoms with Gasteiger partial charge in [-0.25, -0.2) is 8.78 Å². The summed E-state index contributed by atoms with van der Waals surface area (Å²) in [6.07, 6.45) is 8.66. The fourth-order valence-electron chi connectivity index (χ4n) is 7.62. The fourth-order valence-corrected chi connectivity index (χ4v) is 7.62. The highest BCUT2D eigenvalue weighted by Crippen LogP contribution is 2.39. The lowest BCUT2D eigenvalue weighted by Gasteiger charge is -2.38. The zero-order valence-corrected chi connectivity index (χ0v) is 24.2. The first-order valence-electron chi connectivity index (χ1n) is 15.3. The second kappa shape index (κ2) is 12.7. The minimum atomic E-state index is -0.713. The van der Waals surface area contributed by atoms with E-state index in [2.05, 4.69) is 23.6 Å². The molecule has 2 aromatic carbocycles. The second-order valence-corrected chi connectivity index (χ2v) is 13.7. The standard InChI is InChI=1S/C34H46F2N2O2/c1-34(2,19-25-9-11-29(35)12-10-25)20-26-13-15-37(16-14-26)21-28-22-38(32(33(39)40)17-24-5-3-6-24)23-31(28)27-7-4-8-30(36)18-27/h4,7-12,18,24,26,28,31-32H,3,5-6,13-17,19-23H2,1-2H3,(H,39,40)/t28-,31+,32+/m0/s1. The fraction of sp³-hybridized carbons (Fsp3) is 0.618. The van der Waals surface area contributed by atoms with Crippen LogP contribution in [0.15, 0.2) is 48.5 Å². The van der Waals surface area contributed by atoms with Gasteiger partial charge in [-0.05, 0) is 104 Å². The lowest BCUT2D eigenvalue weighted by atomic mass is 9.75. The third-order valence-electron chi connectivity index (χ3n) is 9.89. The molecule has 2 aliphatic heterocycles. The molecule has 3 atom stereocenters. The molecule has 2 heterocycles. The highest BCUT2D eigenvalue weighted by molar-refractivity contribution is 5.73. The van der Waals surface area contributed by atoms with E-state index in [-0.39, 0.29) is 28.9 Å². The van der Waals surface area contributed by atoms with Crippen LogP contribution >= 0.6 is 0 Å². The Morgan fingerprint density at radius 3 is 2.33 bits per heavy atom. The monoisotopic (exact) mass is 552 g/mol. The summed E-state index contributed by atoms with van der Waals surface area (Å²) in [4.78, 5) is 17.1. The van der Waals surface area contributed by atoms with E-state index in [4.69, 9.17) is 0 Å². The predicted molar refractivity (Wildman–Crippen MR) is 155 cm³/mol. The molecule has 0 amide bonds. The van der Waals surface area contributed by atoms with Crippen LogP contribution in [-0.4, -0.2) is 59.6 Å². The molecule has 0 spiro atoms. The molecule has 4 nitrogen and oxygen atoms in total. The quantitative estimate of drug-likeness (QED) is 0.326. The highest BCUT2D eigenvalue weighted by Gasteiger charge is 2.41. The molecule has 0 radical (unpaired) electrons. The summed E-state index contributed by atoms with van der Waals surface area (Å²) in [6.45, 7) is 9.12. The molecule has 40 heavy (non-hydrogen) atoms. The van der Waals surface area contributed by atoms with Crippen molar-refractivity contribution in [2.45, 2.75) is 77.2 Å². The maximum Gasteiger partial charge on any atom is 0.320 e. The Hall–Kier alpha value is -2.31. The molecule has 1 N–H and O–H groups in total. The molecule has 0 unspecified atom stereocenters. The van der Waals surface area contributed by atoms with Gasteiger partial charge in [0, 0.05) is 25.6 Å². The normalized spacial score (nSPS) is 24.2. The van der Waals surface area contributed by atoms with Crippen LogP contribution in [0.2, 0.25) is 0 Å². The number of likely N-dealkylation sites (tertiary alicyclic amines) is 2. The first-order valence-corrected chi connectivity index (χ1v) is 15.3. The van der Waals surface area contributed by atoms with Gasteiger partial charge in [0.25, 0.3) is 0 Å². The number of rotatable bonds is 11. The number of halogens is 2. The number of hydrogen-bond donors (Lipinski definition) is 1. The maximum absolute atomic E-state index is 14.2. The Labute approximate surface area is 238 Å². The molecule has 2 saturated heterocycles. The summed E-state index contributed by atoms with van der Waals surface area (Å²) >= 11 is 0. The minimum Gasteiger partial charge on any atom is -0.480 e. The number of hydrogen-bond acceptors (Lipinski definition) is 3. The first kappa shape index (κ1) is 29.2. The summed E-state index contributed by atoms with van der Waals surface area (Å²) in [5.74, 6) is 0.514. The van der Waals surface area contributed by atoms with Crippen molar-refractivity contribution in [1.29, 1.82) is 0 Å². The Kier molecular flexibility index (Phi) is 9.26. The smallest absolute Gasteiger partial charge is 0.320 e. The largest absolute Gasteiger partial charge is 0.480 e. The van der Waals surface area contributed by atoms with E-state index in [0.717, 1.165) is 76.7 Å². The molecular formula is C34H46F2N2O2. The summed E-state index contributed by atoms with van der Waals surface area (Å²) in [5, 5.41) is 10.1. The SMILES string of the molecule is CC(C)(Cc1ccc(F)cc1)CC1CCN(C[C@H]2CN([C@H](CC3CCC3)C(=O)O)C[C@@H]2c2cccc(F)c2)CC1. The Morgan fingerprint density at radius 1 is 0.975 bits per heavy atom. The molecule has 3 aliphatic rings. The summed E-state index contributed by atoms with van der Waals surface area (Å²) in [5.41, 5.74) is 2.35. The van der Waals surface area contributed by atoms with Gasteiger partial charge in [-0.2, -0.15) is 0 Å². The van der Waals surface area contributed by atoms with Gasteiger partial charge in [-0.15, -0.1) is 0 Å². The number of nitrogens with zero attached hydrogens (tertiary/aromatic N) is 2. The van der Waals surface area contributed by atoms with Crippen LogP contribution in [-0.2, 0) is 11.2 Å². The number of carboxylic acid groups (broad SMARTS) is 1. The van der Waals surface area contributed by atoms with Crippen molar-refractivity contribution in [3.63, 3.8) is 0 Å². The van der Waals surface area contributed by atoms with E-state index in [9.17, 15) is 18.7 Å². The van der Waals surface area contributed by atoms with Crippen molar-refractivity contribution in [1.82, 2.24) is 9.80 Å². The van der Waals surface area contributed by atoms with Crippen molar-refractivity contribution >= 4 is 5.97 Å². The van der Waals surface area contributed by atoms with Crippen LogP contribution in [0.25, 0.3) is 0 Å².